The summed E-state index contributed by atoms with van der Waals surface area (Å²) >= 11 is 0. The fourth-order valence-corrected chi connectivity index (χ4v) is 16.7. The van der Waals surface area contributed by atoms with Crippen LogP contribution in [0.4, 0.5) is 40.8 Å². The Kier molecular flexibility index (Phi) is 26.1. The Balaban J connectivity index is 0.000000137. The van der Waals surface area contributed by atoms with Crippen LogP contribution in [-0.2, 0) is 19.2 Å². The number of aryl methyl sites for hydroxylation is 4. The summed E-state index contributed by atoms with van der Waals surface area (Å²) in [7, 11) is 3.88. The Morgan fingerprint density at radius 1 is 0.433 bits per heavy atom. The van der Waals surface area contributed by atoms with E-state index in [2.05, 4.69) is 69.8 Å². The van der Waals surface area contributed by atoms with Crippen molar-refractivity contribution >= 4 is 90.5 Å². The molecule has 13 heterocycles. The van der Waals surface area contributed by atoms with Gasteiger partial charge in [0.05, 0.1) is 27.6 Å². The molecule has 0 radical (unpaired) electrons. The van der Waals surface area contributed by atoms with Crippen molar-refractivity contribution in [2.45, 2.75) is 59.0 Å². The van der Waals surface area contributed by atoms with E-state index in [4.69, 9.17) is 0 Å². The van der Waals surface area contributed by atoms with E-state index in [0.717, 1.165) is 37.5 Å². The number of piperidine rings is 1. The Hall–Kier alpha value is -15.0. The number of fused-ring (bicyclic) bond motifs is 5. The number of phenolic OH excluding ortho intramolecular Hbond substituents is 4. The number of para-hydroxylation sites is 4. The lowest BCUT2D eigenvalue weighted by atomic mass is 9.92. The maximum absolute atomic E-state index is 14.5. The number of phenols is 4. The fourth-order valence-electron chi connectivity index (χ4n) is 16.7. The summed E-state index contributed by atoms with van der Waals surface area (Å²) in [5.41, 5.74) is -0.685. The van der Waals surface area contributed by atoms with Crippen molar-refractivity contribution in [2.75, 3.05) is 125 Å². The highest BCUT2D eigenvalue weighted by Crippen LogP contribution is 2.39. The number of amides is 4. The first kappa shape index (κ1) is 88.3. The number of likely N-dealkylation sites (N-methyl/N-ethyl adjacent to an activating group) is 1. The van der Waals surface area contributed by atoms with Gasteiger partial charge in [-0.3, -0.25) is 56.6 Å². The topological polar surface area (TPSA) is 378 Å². The van der Waals surface area contributed by atoms with Crippen LogP contribution in [0.15, 0.2) is 192 Å². The Morgan fingerprint density at radius 3 is 1.13 bits per heavy atom. The standard InChI is InChI=1S/C24H27FN6O3.C22H20FN5O3.2C22H22FN5O3/c1-16-14-17-21(24(34)31(16)22-18(25)6-4-7-19(22)32)26-15-27-23(17)30-12-10-29(11-13-30)20(33)8-5-9-28(2)3;1-3-18(30)27-9-13-8-26(10-16(13)27)21-14-7-12(2)28(22(31)19(14)24-11-25-21)20-15(23)5-4-6-17(20)29;1-3-18(30)26-8-5-9-27(11-10-26)21-15-12-14(2)28(22(31)19(15)24-13-25-21)20-16(23)6-4-7-17(20)29;1-3-18(30)26-14-7-9-27(10-8-14)21-15-11-13(2)28(22(31)19(15)24-12-25-21)20-16(23)5-4-6-17(20)29/h4-8,14-15,32H,9-13H2,1-3H3;3-7,11,13,16,29H,1,8-10H2,2H3;3-4,6-7,12-13,29H,1,5,8-11H2,2H3;3-6,11-12,14,29H,1,7-10H2,2H3,(H,26,30)/b8-5+;;;. The highest BCUT2D eigenvalue weighted by Gasteiger charge is 2.48. The van der Waals surface area contributed by atoms with E-state index in [1.54, 1.807) is 72.7 Å². The molecule has 0 bridgehead atoms. The molecule has 2 atom stereocenters. The number of anilines is 4. The third kappa shape index (κ3) is 17.8. The van der Waals surface area contributed by atoms with Crippen LogP contribution in [-0.4, -0.2) is 240 Å². The summed E-state index contributed by atoms with van der Waals surface area (Å²) in [6.45, 7) is 25.7. The molecule has 17 rings (SSSR count). The summed E-state index contributed by atoms with van der Waals surface area (Å²) in [6.07, 6.45) is 14.7. The van der Waals surface area contributed by atoms with Crippen LogP contribution in [0.3, 0.4) is 0 Å². The number of benzene rings is 4. The molecule has 5 fully saturated rings. The minimum atomic E-state index is -0.710. The highest BCUT2D eigenvalue weighted by molar-refractivity contribution is 5.94. The number of piperazine rings is 1. The van der Waals surface area contributed by atoms with Crippen molar-refractivity contribution in [3.63, 3.8) is 0 Å². The Morgan fingerprint density at radius 2 is 0.780 bits per heavy atom. The Labute approximate surface area is 723 Å². The molecule has 5 N–H and O–H groups in total. The number of aromatic nitrogens is 12. The number of aromatic hydroxyl groups is 4. The molecular formula is C90H91F4N21O12. The fraction of sp³-hybridized carbons (Fsp3) is 0.289. The van der Waals surface area contributed by atoms with Crippen molar-refractivity contribution in [3.05, 3.63) is 260 Å². The van der Waals surface area contributed by atoms with Crippen molar-refractivity contribution in [2.24, 2.45) is 5.92 Å². The van der Waals surface area contributed by atoms with Crippen LogP contribution in [0.1, 0.15) is 42.0 Å². The largest absolute Gasteiger partial charge is 0.506 e. The highest BCUT2D eigenvalue weighted by atomic mass is 19.1. The van der Waals surface area contributed by atoms with Gasteiger partial charge in [-0.15, -0.1) is 0 Å². The summed E-state index contributed by atoms with van der Waals surface area (Å²) in [6, 6.07) is 22.6. The van der Waals surface area contributed by atoms with Gasteiger partial charge in [0.1, 0.15) is 116 Å². The van der Waals surface area contributed by atoms with Gasteiger partial charge in [-0.25, -0.2) is 57.4 Å². The maximum atomic E-state index is 14.5. The molecule has 5 aliphatic rings. The molecule has 4 amide bonds. The molecule has 5 saturated heterocycles. The van der Waals surface area contributed by atoms with Gasteiger partial charge in [0.15, 0.2) is 23.3 Å². The minimum absolute atomic E-state index is 0.0301. The zero-order valence-electron chi connectivity index (χ0n) is 70.3. The number of carbonyl (C=O) groups is 4. The van der Waals surface area contributed by atoms with E-state index < -0.39 is 45.5 Å². The molecule has 127 heavy (non-hydrogen) atoms. The van der Waals surface area contributed by atoms with E-state index in [-0.39, 0.29) is 104 Å². The number of halogens is 4. The summed E-state index contributed by atoms with van der Waals surface area (Å²) in [4.78, 5) is 151. The Bertz CT molecular complexity index is 6410. The van der Waals surface area contributed by atoms with Crippen LogP contribution in [0.25, 0.3) is 66.4 Å². The monoisotopic (exact) mass is 1730 g/mol. The van der Waals surface area contributed by atoms with E-state index in [1.165, 1.54) is 116 Å². The predicted molar refractivity (Wildman–Crippen MR) is 471 cm³/mol. The maximum Gasteiger partial charge on any atom is 0.282 e. The number of rotatable bonds is 15. The molecule has 2 unspecified atom stereocenters. The van der Waals surface area contributed by atoms with Crippen molar-refractivity contribution in [1.82, 2.24) is 83.1 Å². The van der Waals surface area contributed by atoms with Crippen LogP contribution in [0, 0.1) is 56.9 Å². The van der Waals surface area contributed by atoms with E-state index in [1.807, 2.05) is 39.8 Å². The number of nitrogens with zero attached hydrogens (tertiary/aromatic N) is 20. The van der Waals surface area contributed by atoms with Crippen LogP contribution < -0.4 is 47.2 Å². The zero-order valence-corrected chi connectivity index (χ0v) is 70.3. The quantitative estimate of drug-likeness (QED) is 0.0482. The summed E-state index contributed by atoms with van der Waals surface area (Å²) in [5.74, 6) is -1.85. The van der Waals surface area contributed by atoms with Gasteiger partial charge >= 0.3 is 0 Å². The lowest BCUT2D eigenvalue weighted by Gasteiger charge is -2.42. The lowest BCUT2D eigenvalue weighted by molar-refractivity contribution is -0.135. The molecule has 12 aromatic rings. The molecular weight excluding hydrogens is 1640 g/mol. The first-order valence-electron chi connectivity index (χ1n) is 40.8. The second kappa shape index (κ2) is 37.6. The average molecular weight is 1730 g/mol. The van der Waals surface area contributed by atoms with Gasteiger partial charge in [0.25, 0.3) is 22.2 Å². The van der Waals surface area contributed by atoms with Gasteiger partial charge in [-0.05, 0) is 152 Å². The summed E-state index contributed by atoms with van der Waals surface area (Å²) < 4.78 is 62.3. The number of nitrogens with one attached hydrogen (secondary N) is 1. The number of likely N-dealkylation sites (tertiary alicyclic amines) is 1. The molecule has 0 spiro atoms. The molecule has 33 nitrogen and oxygen atoms in total. The molecule has 8 aromatic heterocycles. The molecule has 0 saturated carbocycles. The lowest BCUT2D eigenvalue weighted by Crippen LogP contribution is -2.57. The number of carbonyl (C=O) groups excluding carboxylic acids is 4. The average Bonchev–Trinajstić information content (AvgIpc) is 1.72. The zero-order chi connectivity index (χ0) is 90.5. The molecule has 5 aliphatic heterocycles. The van der Waals surface area contributed by atoms with E-state index in [0.29, 0.717) is 165 Å². The number of hydrogen-bond donors (Lipinski definition) is 5. The first-order chi connectivity index (χ1) is 61.0. The van der Waals surface area contributed by atoms with Crippen LogP contribution in [0.5, 0.6) is 23.0 Å². The SMILES string of the molecule is C=CC(=O)N1CC2CN(c3ncnc4c(=O)n(-c5c(O)cccc5F)c(C)cc34)CC21.C=CC(=O)N1CCCN(c2ncnc3c(=O)n(-c4c(O)cccc4F)c(C)cc23)CC1.C=CC(=O)NC1CCN(c2ncnc3c(=O)n(-c4c(O)cccc4F)c(C)cc23)CC1.Cc1cc2c(N3CCN(C(=O)/C=C/CN(C)C)CC3)ncnc2c(=O)n1-c1c(O)cccc1F. The van der Waals surface area contributed by atoms with Gasteiger partial charge in [0, 0.05) is 132 Å². The number of hydrogen-bond acceptors (Lipinski definition) is 25. The van der Waals surface area contributed by atoms with Gasteiger partial charge in [0.2, 0.25) is 23.6 Å². The molecule has 656 valence electrons. The second-order valence-electron chi connectivity index (χ2n) is 31.2. The smallest absolute Gasteiger partial charge is 0.282 e. The van der Waals surface area contributed by atoms with Gasteiger partial charge in [-0.2, -0.15) is 0 Å². The number of pyridine rings is 4. The van der Waals surface area contributed by atoms with Gasteiger partial charge < -0.3 is 64.9 Å². The normalized spacial score (nSPS) is 15.9. The third-order valence-electron chi connectivity index (χ3n) is 22.9. The molecule has 0 aliphatic carbocycles. The van der Waals surface area contributed by atoms with E-state index >= 15 is 0 Å². The molecule has 37 heteroatoms. The first-order valence-corrected chi connectivity index (χ1v) is 40.8. The predicted octanol–water partition coefficient (Wildman–Crippen LogP) is 7.83. The van der Waals surface area contributed by atoms with Crippen LogP contribution >= 0.6 is 0 Å². The van der Waals surface area contributed by atoms with Crippen molar-refractivity contribution in [1.29, 1.82) is 0 Å². The minimum Gasteiger partial charge on any atom is -0.506 e. The van der Waals surface area contributed by atoms with Crippen molar-refractivity contribution < 1.29 is 57.2 Å². The molecule has 4 aromatic carbocycles. The van der Waals surface area contributed by atoms with E-state index in [9.17, 15) is 76.3 Å². The van der Waals surface area contributed by atoms with Crippen molar-refractivity contribution in [3.8, 4) is 45.7 Å². The van der Waals surface area contributed by atoms with Gasteiger partial charge in [-0.1, -0.05) is 50.1 Å². The third-order valence-corrected chi connectivity index (χ3v) is 22.9. The van der Waals surface area contributed by atoms with Crippen LogP contribution in [0.2, 0.25) is 0 Å². The second-order valence-corrected chi connectivity index (χ2v) is 31.2. The summed E-state index contributed by atoms with van der Waals surface area (Å²) in [5, 5.41) is 45.8.